The SMILES string of the molecule is O=S(=O)(c1cccc2nsnc12)N1CCCC(C(F)(F)F)C1. The maximum Gasteiger partial charge on any atom is 0.393 e. The number of alkyl halides is 3. The van der Waals surface area contributed by atoms with Gasteiger partial charge in [-0.3, -0.25) is 0 Å². The van der Waals surface area contributed by atoms with Gasteiger partial charge in [-0.25, -0.2) is 8.42 Å². The molecule has 1 aliphatic rings. The highest BCUT2D eigenvalue weighted by atomic mass is 32.2. The third-order valence-electron chi connectivity index (χ3n) is 3.71. The van der Waals surface area contributed by atoms with Gasteiger partial charge in [0.2, 0.25) is 10.0 Å². The van der Waals surface area contributed by atoms with E-state index >= 15 is 0 Å². The minimum absolute atomic E-state index is 0.0437. The summed E-state index contributed by atoms with van der Waals surface area (Å²) in [6.07, 6.45) is -4.24. The lowest BCUT2D eigenvalue weighted by atomic mass is 9.99. The first-order valence-corrected chi connectivity index (χ1v) is 8.75. The van der Waals surface area contributed by atoms with E-state index in [2.05, 4.69) is 8.75 Å². The van der Waals surface area contributed by atoms with Crippen molar-refractivity contribution in [3.8, 4) is 0 Å². The molecule has 120 valence electrons. The summed E-state index contributed by atoms with van der Waals surface area (Å²) in [7, 11) is -4.01. The van der Waals surface area contributed by atoms with E-state index in [4.69, 9.17) is 0 Å². The van der Waals surface area contributed by atoms with Gasteiger partial charge >= 0.3 is 6.18 Å². The van der Waals surface area contributed by atoms with Crippen molar-refractivity contribution in [2.24, 2.45) is 5.92 Å². The van der Waals surface area contributed by atoms with Crippen molar-refractivity contribution in [3.63, 3.8) is 0 Å². The van der Waals surface area contributed by atoms with Crippen LogP contribution in [0.3, 0.4) is 0 Å². The molecule has 1 fully saturated rings. The summed E-state index contributed by atoms with van der Waals surface area (Å²) in [5.41, 5.74) is 0.636. The fourth-order valence-electron chi connectivity index (χ4n) is 2.56. The fraction of sp³-hybridized carbons (Fsp3) is 0.500. The van der Waals surface area contributed by atoms with Crippen LogP contribution in [0.5, 0.6) is 0 Å². The van der Waals surface area contributed by atoms with Gasteiger partial charge in [-0.2, -0.15) is 26.2 Å². The molecule has 1 unspecified atom stereocenters. The van der Waals surface area contributed by atoms with Crippen LogP contribution in [0.15, 0.2) is 23.1 Å². The van der Waals surface area contributed by atoms with E-state index in [-0.39, 0.29) is 29.8 Å². The van der Waals surface area contributed by atoms with Gasteiger partial charge < -0.3 is 0 Å². The zero-order chi connectivity index (χ0) is 16.0. The monoisotopic (exact) mass is 351 g/mol. The predicted molar refractivity (Wildman–Crippen MR) is 75.0 cm³/mol. The van der Waals surface area contributed by atoms with Crippen LogP contribution in [-0.2, 0) is 10.0 Å². The summed E-state index contributed by atoms with van der Waals surface area (Å²) in [4.78, 5) is -0.0819. The van der Waals surface area contributed by atoms with Crippen molar-refractivity contribution in [1.29, 1.82) is 0 Å². The molecule has 5 nitrogen and oxygen atoms in total. The zero-order valence-electron chi connectivity index (χ0n) is 11.2. The van der Waals surface area contributed by atoms with Crippen molar-refractivity contribution in [2.45, 2.75) is 23.9 Å². The number of nitrogens with zero attached hydrogens (tertiary/aromatic N) is 3. The van der Waals surface area contributed by atoms with Gasteiger partial charge in [-0.15, -0.1) is 0 Å². The second-order valence-electron chi connectivity index (χ2n) is 5.13. The minimum Gasteiger partial charge on any atom is -0.207 e. The lowest BCUT2D eigenvalue weighted by Crippen LogP contribution is -2.44. The quantitative estimate of drug-likeness (QED) is 0.834. The average molecular weight is 351 g/mol. The number of rotatable bonds is 2. The number of hydrogen-bond donors (Lipinski definition) is 0. The first kappa shape index (κ1) is 15.6. The third kappa shape index (κ3) is 2.70. The number of aromatic nitrogens is 2. The highest BCUT2D eigenvalue weighted by Gasteiger charge is 2.44. The largest absolute Gasteiger partial charge is 0.393 e. The molecule has 0 N–H and O–H groups in total. The van der Waals surface area contributed by atoms with Crippen molar-refractivity contribution < 1.29 is 21.6 Å². The molecular weight excluding hydrogens is 339 g/mol. The Morgan fingerprint density at radius 1 is 1.27 bits per heavy atom. The second kappa shape index (κ2) is 5.43. The van der Waals surface area contributed by atoms with Crippen molar-refractivity contribution in [2.75, 3.05) is 13.1 Å². The molecule has 22 heavy (non-hydrogen) atoms. The maximum atomic E-state index is 12.9. The summed E-state index contributed by atoms with van der Waals surface area (Å²) >= 11 is 0.872. The van der Waals surface area contributed by atoms with Gasteiger partial charge in [0, 0.05) is 13.1 Å². The van der Waals surface area contributed by atoms with Crippen LogP contribution in [0.4, 0.5) is 13.2 Å². The number of halogens is 3. The van der Waals surface area contributed by atoms with Gasteiger partial charge in [0.1, 0.15) is 15.9 Å². The first-order chi connectivity index (χ1) is 10.3. The van der Waals surface area contributed by atoms with E-state index in [1.54, 1.807) is 6.07 Å². The van der Waals surface area contributed by atoms with Crippen LogP contribution in [0.2, 0.25) is 0 Å². The molecule has 0 radical (unpaired) electrons. The molecule has 0 bridgehead atoms. The Morgan fingerprint density at radius 3 is 2.77 bits per heavy atom. The molecule has 0 spiro atoms. The van der Waals surface area contributed by atoms with Gasteiger partial charge in [0.25, 0.3) is 0 Å². The van der Waals surface area contributed by atoms with E-state index in [1.165, 1.54) is 12.1 Å². The molecule has 3 rings (SSSR count). The second-order valence-corrected chi connectivity index (χ2v) is 7.57. The Morgan fingerprint density at radius 2 is 2.05 bits per heavy atom. The molecule has 0 aliphatic carbocycles. The Bertz CT molecular complexity index is 788. The molecule has 1 aromatic heterocycles. The highest BCUT2D eigenvalue weighted by Crippen LogP contribution is 2.35. The molecule has 10 heteroatoms. The van der Waals surface area contributed by atoms with E-state index < -0.39 is 28.7 Å². The molecule has 2 heterocycles. The molecular formula is C12H12F3N3O2S2. The van der Waals surface area contributed by atoms with Gasteiger partial charge in [-0.1, -0.05) is 6.07 Å². The van der Waals surface area contributed by atoms with Crippen LogP contribution >= 0.6 is 11.7 Å². The number of hydrogen-bond acceptors (Lipinski definition) is 5. The van der Waals surface area contributed by atoms with E-state index in [1.807, 2.05) is 0 Å². The number of piperidine rings is 1. The normalized spacial score (nSPS) is 21.3. The average Bonchev–Trinajstić information content (AvgIpc) is 2.94. The first-order valence-electron chi connectivity index (χ1n) is 6.58. The third-order valence-corrected chi connectivity index (χ3v) is 6.15. The van der Waals surface area contributed by atoms with Crippen LogP contribution < -0.4 is 0 Å². The standard InChI is InChI=1S/C12H12F3N3O2S2/c13-12(14,15)8-3-2-6-18(7-8)22(19,20)10-5-1-4-9-11(10)17-21-16-9/h1,4-5,8H,2-3,6-7H2. The maximum absolute atomic E-state index is 12.9. The lowest BCUT2D eigenvalue weighted by Gasteiger charge is -2.32. The zero-order valence-corrected chi connectivity index (χ0v) is 12.9. The summed E-state index contributed by atoms with van der Waals surface area (Å²) in [5, 5.41) is 0. The summed E-state index contributed by atoms with van der Waals surface area (Å²) in [6.45, 7) is -0.456. The van der Waals surface area contributed by atoms with E-state index in [0.29, 0.717) is 5.52 Å². The minimum atomic E-state index is -4.39. The van der Waals surface area contributed by atoms with Crippen LogP contribution in [-0.4, -0.2) is 40.7 Å². The molecule has 1 aromatic carbocycles. The summed E-state index contributed by atoms with van der Waals surface area (Å²) < 4.78 is 72.7. The molecule has 1 saturated heterocycles. The molecule has 1 atom stereocenters. The summed E-state index contributed by atoms with van der Waals surface area (Å²) in [5.74, 6) is -1.62. The molecule has 1 aliphatic heterocycles. The number of sulfonamides is 1. The molecule has 2 aromatic rings. The van der Waals surface area contributed by atoms with Crippen LogP contribution in [0, 0.1) is 5.92 Å². The summed E-state index contributed by atoms with van der Waals surface area (Å²) in [6, 6.07) is 4.49. The Hall–Kier alpha value is -1.26. The smallest absolute Gasteiger partial charge is 0.207 e. The van der Waals surface area contributed by atoms with Crippen LogP contribution in [0.25, 0.3) is 11.0 Å². The van der Waals surface area contributed by atoms with Crippen molar-refractivity contribution in [3.05, 3.63) is 18.2 Å². The Kier molecular flexibility index (Phi) is 3.86. The van der Waals surface area contributed by atoms with Crippen molar-refractivity contribution in [1.82, 2.24) is 13.1 Å². The predicted octanol–water partition coefficient (Wildman–Crippen LogP) is 2.65. The fourth-order valence-corrected chi connectivity index (χ4v) is 4.83. The van der Waals surface area contributed by atoms with Gasteiger partial charge in [-0.05, 0) is 25.0 Å². The van der Waals surface area contributed by atoms with Gasteiger partial charge in [0.05, 0.1) is 17.6 Å². The van der Waals surface area contributed by atoms with E-state index in [9.17, 15) is 21.6 Å². The lowest BCUT2D eigenvalue weighted by molar-refractivity contribution is -0.182. The van der Waals surface area contributed by atoms with E-state index in [0.717, 1.165) is 16.0 Å². The molecule has 0 saturated carbocycles. The van der Waals surface area contributed by atoms with Crippen molar-refractivity contribution >= 4 is 32.8 Å². The molecule has 0 amide bonds. The topological polar surface area (TPSA) is 63.2 Å². The Labute approximate surface area is 129 Å². The van der Waals surface area contributed by atoms with Gasteiger partial charge in [0.15, 0.2) is 0 Å². The number of fused-ring (bicyclic) bond motifs is 1. The van der Waals surface area contributed by atoms with Crippen LogP contribution in [0.1, 0.15) is 12.8 Å². The number of benzene rings is 1. The highest BCUT2D eigenvalue weighted by molar-refractivity contribution is 7.89. The Balaban J connectivity index is 1.98.